The van der Waals surface area contributed by atoms with Crippen molar-refractivity contribution in [1.82, 2.24) is 20.6 Å². The fourth-order valence-electron chi connectivity index (χ4n) is 2.16. The second kappa shape index (κ2) is 8.19. The van der Waals surface area contributed by atoms with Crippen molar-refractivity contribution in [3.63, 3.8) is 0 Å². The van der Waals surface area contributed by atoms with Crippen molar-refractivity contribution in [2.75, 3.05) is 5.32 Å². The number of hydrogen-bond donors (Lipinski definition) is 2. The normalized spacial score (nSPS) is 10.8. The van der Waals surface area contributed by atoms with E-state index in [0.717, 1.165) is 0 Å². The van der Waals surface area contributed by atoms with E-state index in [0.29, 0.717) is 5.69 Å². The number of carbonyl (C=O) groups is 1. The van der Waals surface area contributed by atoms with Gasteiger partial charge in [0.05, 0.1) is 16.2 Å². The summed E-state index contributed by atoms with van der Waals surface area (Å²) in [5.41, 5.74) is 0.568. The van der Waals surface area contributed by atoms with E-state index in [4.69, 9.17) is 4.74 Å². The molecule has 0 radical (unpaired) electrons. The third kappa shape index (κ3) is 4.14. The maximum absolute atomic E-state index is 12.5. The Kier molecular flexibility index (Phi) is 5.33. The highest BCUT2D eigenvalue weighted by molar-refractivity contribution is 5.97. The quantitative estimate of drug-likeness (QED) is 0.216. The number of H-pyrrole nitrogens is 1. The molecule has 138 valence electrons. The highest BCUT2D eigenvalue weighted by Crippen LogP contribution is 2.21. The Bertz CT molecular complexity index is 1070. The average Bonchev–Trinajstić information content (AvgIpc) is 3.24. The van der Waals surface area contributed by atoms with Crippen LogP contribution in [0.5, 0.6) is 5.75 Å². The van der Waals surface area contributed by atoms with Crippen LogP contribution in [0, 0.1) is 21.4 Å². The van der Waals surface area contributed by atoms with E-state index < -0.39 is 10.9 Å². The zero-order valence-electron chi connectivity index (χ0n) is 14.1. The summed E-state index contributed by atoms with van der Waals surface area (Å²) >= 11 is 0. The van der Waals surface area contributed by atoms with Gasteiger partial charge in [0.15, 0.2) is 0 Å². The van der Waals surface area contributed by atoms with Crippen LogP contribution in [0.1, 0.15) is 16.2 Å². The number of benzene rings is 2. The van der Waals surface area contributed by atoms with Crippen molar-refractivity contribution in [3.05, 3.63) is 76.2 Å². The van der Waals surface area contributed by atoms with Crippen LogP contribution in [-0.2, 0) is 0 Å². The lowest BCUT2D eigenvalue weighted by atomic mass is 10.1. The van der Waals surface area contributed by atoms with Crippen LogP contribution in [0.3, 0.4) is 0 Å². The molecule has 28 heavy (non-hydrogen) atoms. The number of para-hydroxylation sites is 1. The van der Waals surface area contributed by atoms with Crippen LogP contribution in [0.15, 0.2) is 54.7 Å². The van der Waals surface area contributed by atoms with Crippen molar-refractivity contribution in [2.45, 2.75) is 0 Å². The first kappa shape index (κ1) is 18.2. The van der Waals surface area contributed by atoms with Crippen molar-refractivity contribution >= 4 is 22.9 Å². The summed E-state index contributed by atoms with van der Waals surface area (Å²) in [5, 5.41) is 35.8. The number of nitro benzene ring substituents is 1. The molecule has 0 bridgehead atoms. The first-order valence-corrected chi connectivity index (χ1v) is 7.75. The molecule has 0 saturated heterocycles. The molecule has 0 amide bonds. The predicted molar refractivity (Wildman–Crippen MR) is 95.9 cm³/mol. The molecular weight excluding hydrogens is 366 g/mol. The number of non-ortho nitro benzene ring substituents is 1. The molecule has 0 aliphatic heterocycles. The summed E-state index contributed by atoms with van der Waals surface area (Å²) in [7, 11) is 0. The lowest BCUT2D eigenvalue weighted by Gasteiger charge is -2.09. The molecule has 0 aliphatic rings. The Balaban J connectivity index is 1.78. The SMILES string of the molecule is N#CC(=CNc1ccccc1C(=O)Oc1ccc([N+](=O)[O-])cc1)c1nn[nH]n1. The van der Waals surface area contributed by atoms with Gasteiger partial charge in [-0.05, 0) is 29.5 Å². The smallest absolute Gasteiger partial charge is 0.345 e. The van der Waals surface area contributed by atoms with E-state index in [1.54, 1.807) is 18.2 Å². The number of tetrazole rings is 1. The Hall–Kier alpha value is -4.59. The van der Waals surface area contributed by atoms with Gasteiger partial charge in [0.25, 0.3) is 5.69 Å². The first-order chi connectivity index (χ1) is 13.6. The molecule has 0 aliphatic carbocycles. The van der Waals surface area contributed by atoms with Crippen molar-refractivity contribution in [2.24, 2.45) is 0 Å². The number of ether oxygens (including phenoxy) is 1. The van der Waals surface area contributed by atoms with Crippen LogP contribution in [0.25, 0.3) is 5.57 Å². The van der Waals surface area contributed by atoms with Crippen LogP contribution < -0.4 is 10.1 Å². The standard InChI is InChI=1S/C17H11N7O4/c18-9-11(16-20-22-23-21-16)10-19-15-4-2-1-3-14(15)17(25)28-13-7-5-12(6-8-13)24(26)27/h1-8,10,19H,(H,20,21,22,23). The highest BCUT2D eigenvalue weighted by Gasteiger charge is 2.14. The monoisotopic (exact) mass is 377 g/mol. The molecule has 0 fully saturated rings. The number of nitrogens with one attached hydrogen (secondary N) is 2. The number of hydrogen-bond acceptors (Lipinski definition) is 9. The minimum Gasteiger partial charge on any atom is -0.423 e. The molecule has 2 aromatic carbocycles. The number of esters is 1. The second-order valence-electron chi connectivity index (χ2n) is 5.24. The number of nitriles is 1. The molecule has 0 spiro atoms. The number of carbonyl (C=O) groups excluding carboxylic acids is 1. The summed E-state index contributed by atoms with van der Waals surface area (Å²) in [6, 6.07) is 13.5. The zero-order valence-corrected chi connectivity index (χ0v) is 14.1. The van der Waals surface area contributed by atoms with E-state index in [2.05, 4.69) is 25.9 Å². The van der Waals surface area contributed by atoms with Crippen molar-refractivity contribution in [1.29, 1.82) is 5.26 Å². The third-order valence-electron chi connectivity index (χ3n) is 3.48. The van der Waals surface area contributed by atoms with Gasteiger partial charge in [-0.15, -0.1) is 10.2 Å². The third-order valence-corrected chi connectivity index (χ3v) is 3.48. The summed E-state index contributed by atoms with van der Waals surface area (Å²) < 4.78 is 5.25. The fraction of sp³-hybridized carbons (Fsp3) is 0. The summed E-state index contributed by atoms with van der Waals surface area (Å²) in [6.07, 6.45) is 1.34. The van der Waals surface area contributed by atoms with Gasteiger partial charge in [-0.2, -0.15) is 10.5 Å². The number of anilines is 1. The van der Waals surface area contributed by atoms with Gasteiger partial charge in [0.2, 0.25) is 5.82 Å². The van der Waals surface area contributed by atoms with Gasteiger partial charge in [-0.3, -0.25) is 10.1 Å². The maximum atomic E-state index is 12.5. The van der Waals surface area contributed by atoms with Crippen molar-refractivity contribution in [3.8, 4) is 11.8 Å². The molecule has 2 N–H and O–H groups in total. The van der Waals surface area contributed by atoms with E-state index in [1.165, 1.54) is 36.5 Å². The minimum atomic E-state index is -0.677. The number of nitrogens with zero attached hydrogens (tertiary/aromatic N) is 5. The molecule has 11 heteroatoms. The topological polar surface area (TPSA) is 160 Å². The van der Waals surface area contributed by atoms with Crippen LogP contribution in [-0.4, -0.2) is 31.5 Å². The molecule has 3 aromatic rings. The number of aromatic amines is 1. The van der Waals surface area contributed by atoms with Gasteiger partial charge >= 0.3 is 5.97 Å². The minimum absolute atomic E-state index is 0.0981. The Labute approximate surface area is 157 Å². The molecule has 3 rings (SSSR count). The van der Waals surface area contributed by atoms with E-state index in [1.807, 2.05) is 6.07 Å². The van der Waals surface area contributed by atoms with E-state index >= 15 is 0 Å². The molecular formula is C17H11N7O4. The van der Waals surface area contributed by atoms with E-state index in [-0.39, 0.29) is 28.4 Å². The fourth-order valence-corrected chi connectivity index (χ4v) is 2.16. The Morgan fingerprint density at radius 1 is 1.25 bits per heavy atom. The largest absolute Gasteiger partial charge is 0.423 e. The van der Waals surface area contributed by atoms with E-state index in [9.17, 15) is 20.2 Å². The molecule has 0 atom stereocenters. The van der Waals surface area contributed by atoms with Gasteiger partial charge in [0, 0.05) is 18.3 Å². The second-order valence-corrected chi connectivity index (χ2v) is 5.24. The van der Waals surface area contributed by atoms with Gasteiger partial charge in [0.1, 0.15) is 17.4 Å². The Morgan fingerprint density at radius 2 is 2.00 bits per heavy atom. The summed E-state index contributed by atoms with van der Waals surface area (Å²) in [6.45, 7) is 0. The maximum Gasteiger partial charge on any atom is 0.345 e. The first-order valence-electron chi connectivity index (χ1n) is 7.75. The number of allylic oxidation sites excluding steroid dienone is 1. The predicted octanol–water partition coefficient (Wildman–Crippen LogP) is 2.30. The molecule has 0 unspecified atom stereocenters. The Morgan fingerprint density at radius 3 is 2.64 bits per heavy atom. The average molecular weight is 377 g/mol. The van der Waals surface area contributed by atoms with Gasteiger partial charge < -0.3 is 10.1 Å². The summed E-state index contributed by atoms with van der Waals surface area (Å²) in [4.78, 5) is 22.6. The molecule has 1 aromatic heterocycles. The molecule has 0 saturated carbocycles. The zero-order chi connectivity index (χ0) is 19.9. The summed E-state index contributed by atoms with van der Waals surface area (Å²) in [5.74, 6) is -0.421. The lowest BCUT2D eigenvalue weighted by Crippen LogP contribution is -2.11. The van der Waals surface area contributed by atoms with Crippen LogP contribution in [0.4, 0.5) is 11.4 Å². The van der Waals surface area contributed by atoms with Crippen LogP contribution >= 0.6 is 0 Å². The van der Waals surface area contributed by atoms with Crippen molar-refractivity contribution < 1.29 is 14.5 Å². The van der Waals surface area contributed by atoms with Gasteiger partial charge in [-0.25, -0.2) is 4.79 Å². The number of nitro groups is 1. The van der Waals surface area contributed by atoms with Gasteiger partial charge in [-0.1, -0.05) is 12.1 Å². The highest BCUT2D eigenvalue weighted by atomic mass is 16.6. The molecule has 11 nitrogen and oxygen atoms in total. The number of rotatable bonds is 6. The molecule has 1 heterocycles. The number of aromatic nitrogens is 4. The lowest BCUT2D eigenvalue weighted by molar-refractivity contribution is -0.384. The van der Waals surface area contributed by atoms with Crippen LogP contribution in [0.2, 0.25) is 0 Å².